The van der Waals surface area contributed by atoms with Gasteiger partial charge in [-0.05, 0) is 19.1 Å². The van der Waals surface area contributed by atoms with Gasteiger partial charge in [0, 0.05) is 6.20 Å². The van der Waals surface area contributed by atoms with E-state index in [1.807, 2.05) is 0 Å². The lowest BCUT2D eigenvalue weighted by Gasteiger charge is -2.05. The highest BCUT2D eigenvalue weighted by Gasteiger charge is 2.06. The smallest absolute Gasteiger partial charge is 0.411 e. The van der Waals surface area contributed by atoms with Gasteiger partial charge in [0.15, 0.2) is 6.29 Å². The van der Waals surface area contributed by atoms with Crippen LogP contribution in [-0.2, 0) is 4.74 Å². The van der Waals surface area contributed by atoms with E-state index in [9.17, 15) is 9.59 Å². The molecule has 0 fully saturated rings. The minimum absolute atomic E-state index is 0.181. The fourth-order valence-electron chi connectivity index (χ4n) is 0.894. The number of hydrogen-bond acceptors (Lipinski definition) is 4. The lowest BCUT2D eigenvalue weighted by atomic mass is 10.3. The van der Waals surface area contributed by atoms with Gasteiger partial charge in [0.05, 0.1) is 12.3 Å². The predicted molar refractivity (Wildman–Crippen MR) is 50.3 cm³/mol. The first-order valence-corrected chi connectivity index (χ1v) is 4.12. The third kappa shape index (κ3) is 2.55. The van der Waals surface area contributed by atoms with Crippen molar-refractivity contribution in [3.63, 3.8) is 0 Å². The van der Waals surface area contributed by atoms with E-state index in [4.69, 9.17) is 0 Å². The van der Waals surface area contributed by atoms with Gasteiger partial charge in [-0.3, -0.25) is 15.1 Å². The summed E-state index contributed by atoms with van der Waals surface area (Å²) in [6, 6.07) is 3.20. The highest BCUT2D eigenvalue weighted by Crippen LogP contribution is 2.09. The molecule has 1 amide bonds. The number of anilines is 1. The van der Waals surface area contributed by atoms with Crippen LogP contribution in [0.5, 0.6) is 0 Å². The molecule has 1 aromatic rings. The Bertz CT molecular complexity index is 339. The molecule has 1 rings (SSSR count). The second kappa shape index (κ2) is 4.96. The number of pyridine rings is 1. The molecule has 5 nitrogen and oxygen atoms in total. The number of carbonyl (C=O) groups excluding carboxylic acids is 2. The van der Waals surface area contributed by atoms with Gasteiger partial charge in [0.2, 0.25) is 0 Å². The van der Waals surface area contributed by atoms with Crippen molar-refractivity contribution in [1.29, 1.82) is 0 Å². The number of aromatic nitrogens is 1. The Morgan fingerprint density at radius 2 is 2.50 bits per heavy atom. The van der Waals surface area contributed by atoms with E-state index in [1.165, 1.54) is 6.20 Å². The second-order valence-corrected chi connectivity index (χ2v) is 2.40. The molecule has 0 atom stereocenters. The molecule has 0 aliphatic heterocycles. The lowest BCUT2D eigenvalue weighted by molar-refractivity contribution is 0.112. The molecule has 0 radical (unpaired) electrons. The monoisotopic (exact) mass is 194 g/mol. The average Bonchev–Trinajstić information content (AvgIpc) is 2.19. The van der Waals surface area contributed by atoms with Crippen molar-refractivity contribution in [3.8, 4) is 0 Å². The summed E-state index contributed by atoms with van der Waals surface area (Å²) in [6.45, 7) is 1.98. The van der Waals surface area contributed by atoms with E-state index in [0.29, 0.717) is 12.0 Å². The molecule has 0 saturated heterocycles. The predicted octanol–water partition coefficient (Wildman–Crippen LogP) is 1.46. The van der Waals surface area contributed by atoms with Crippen molar-refractivity contribution >= 4 is 18.1 Å². The van der Waals surface area contributed by atoms with Gasteiger partial charge in [-0.15, -0.1) is 0 Å². The first kappa shape index (κ1) is 10.2. The highest BCUT2D eigenvalue weighted by molar-refractivity contribution is 5.91. The molecule has 0 unspecified atom stereocenters. The van der Waals surface area contributed by atoms with E-state index in [1.54, 1.807) is 19.1 Å². The molecule has 1 heterocycles. The van der Waals surface area contributed by atoms with Crippen LogP contribution < -0.4 is 5.32 Å². The molecular formula is C9H10N2O3. The quantitative estimate of drug-likeness (QED) is 0.739. The number of nitrogens with one attached hydrogen (secondary N) is 1. The van der Waals surface area contributed by atoms with Crippen LogP contribution in [-0.4, -0.2) is 24.0 Å². The van der Waals surface area contributed by atoms with Crippen molar-refractivity contribution in [1.82, 2.24) is 4.98 Å². The average molecular weight is 194 g/mol. The van der Waals surface area contributed by atoms with Crippen molar-refractivity contribution in [2.45, 2.75) is 6.92 Å². The number of rotatable bonds is 3. The molecular weight excluding hydrogens is 184 g/mol. The Kier molecular flexibility index (Phi) is 3.60. The fourth-order valence-corrected chi connectivity index (χ4v) is 0.894. The molecule has 0 aliphatic carbocycles. The van der Waals surface area contributed by atoms with Crippen molar-refractivity contribution in [3.05, 3.63) is 24.0 Å². The Morgan fingerprint density at radius 3 is 3.14 bits per heavy atom. The summed E-state index contributed by atoms with van der Waals surface area (Å²) in [5, 5.41) is 2.41. The fraction of sp³-hybridized carbons (Fsp3) is 0.222. The molecule has 0 spiro atoms. The van der Waals surface area contributed by atoms with Crippen LogP contribution in [0.3, 0.4) is 0 Å². The maximum Gasteiger partial charge on any atom is 0.411 e. The highest BCUT2D eigenvalue weighted by atomic mass is 16.5. The minimum atomic E-state index is -0.594. The van der Waals surface area contributed by atoms with Crippen LogP contribution in [0.2, 0.25) is 0 Å². The van der Waals surface area contributed by atoms with E-state index in [2.05, 4.69) is 15.0 Å². The lowest BCUT2D eigenvalue weighted by Crippen LogP contribution is -2.14. The van der Waals surface area contributed by atoms with Crippen molar-refractivity contribution < 1.29 is 14.3 Å². The summed E-state index contributed by atoms with van der Waals surface area (Å²) in [5.74, 6) is 0. The van der Waals surface area contributed by atoms with E-state index < -0.39 is 6.09 Å². The van der Waals surface area contributed by atoms with E-state index >= 15 is 0 Å². The Morgan fingerprint density at radius 1 is 1.71 bits per heavy atom. The first-order chi connectivity index (χ1) is 6.77. The molecule has 74 valence electrons. The molecule has 1 aromatic heterocycles. The Hall–Kier alpha value is -1.91. The minimum Gasteiger partial charge on any atom is -0.450 e. The first-order valence-electron chi connectivity index (χ1n) is 4.12. The van der Waals surface area contributed by atoms with Gasteiger partial charge >= 0.3 is 6.09 Å². The van der Waals surface area contributed by atoms with Crippen LogP contribution in [0.25, 0.3) is 0 Å². The zero-order valence-corrected chi connectivity index (χ0v) is 7.69. The third-order valence-corrected chi connectivity index (χ3v) is 1.46. The van der Waals surface area contributed by atoms with Gasteiger partial charge in [-0.1, -0.05) is 0 Å². The number of ether oxygens (including phenoxy) is 1. The van der Waals surface area contributed by atoms with Gasteiger partial charge in [0.1, 0.15) is 5.69 Å². The third-order valence-electron chi connectivity index (χ3n) is 1.46. The summed E-state index contributed by atoms with van der Waals surface area (Å²) in [4.78, 5) is 25.3. The maximum atomic E-state index is 11.0. The zero-order valence-electron chi connectivity index (χ0n) is 7.69. The number of aldehydes is 1. The topological polar surface area (TPSA) is 68.3 Å². The summed E-state index contributed by atoms with van der Waals surface area (Å²) < 4.78 is 4.65. The van der Waals surface area contributed by atoms with E-state index in [-0.39, 0.29) is 12.3 Å². The molecule has 5 heteroatoms. The van der Waals surface area contributed by atoms with Gasteiger partial charge in [-0.2, -0.15) is 0 Å². The zero-order chi connectivity index (χ0) is 10.4. The number of carbonyl (C=O) groups is 2. The summed E-state index contributed by atoms with van der Waals surface area (Å²) in [7, 11) is 0. The van der Waals surface area contributed by atoms with Crippen LogP contribution in [0.15, 0.2) is 18.3 Å². The summed E-state index contributed by atoms with van der Waals surface area (Å²) >= 11 is 0. The van der Waals surface area contributed by atoms with Crippen molar-refractivity contribution in [2.24, 2.45) is 0 Å². The summed E-state index contributed by atoms with van der Waals surface area (Å²) in [6.07, 6.45) is 1.45. The molecule has 14 heavy (non-hydrogen) atoms. The largest absolute Gasteiger partial charge is 0.450 e. The van der Waals surface area contributed by atoms with Crippen molar-refractivity contribution in [2.75, 3.05) is 11.9 Å². The van der Waals surface area contributed by atoms with E-state index in [0.717, 1.165) is 0 Å². The number of hydrogen-bond donors (Lipinski definition) is 1. The SMILES string of the molecule is CCOC(=O)Nc1cccnc1C=O. The number of amides is 1. The van der Waals surface area contributed by atoms with Gasteiger partial charge in [0.25, 0.3) is 0 Å². The molecule has 0 saturated carbocycles. The van der Waals surface area contributed by atoms with Crippen LogP contribution in [0, 0.1) is 0 Å². The number of nitrogens with zero attached hydrogens (tertiary/aromatic N) is 1. The van der Waals surface area contributed by atoms with Crippen LogP contribution >= 0.6 is 0 Å². The molecule has 0 aromatic carbocycles. The normalized spacial score (nSPS) is 9.21. The van der Waals surface area contributed by atoms with Gasteiger partial charge in [-0.25, -0.2) is 4.79 Å². The van der Waals surface area contributed by atoms with Gasteiger partial charge < -0.3 is 4.74 Å². The molecule has 1 N–H and O–H groups in total. The van der Waals surface area contributed by atoms with Crippen LogP contribution in [0.1, 0.15) is 17.4 Å². The molecule has 0 aliphatic rings. The summed E-state index contributed by atoms with van der Waals surface area (Å²) in [5.41, 5.74) is 0.529. The Balaban J connectivity index is 2.75. The standard InChI is InChI=1S/C9H10N2O3/c1-2-14-9(13)11-7-4-3-5-10-8(7)6-12/h3-6H,2H2,1H3,(H,11,13). The Labute approximate surface area is 81.1 Å². The second-order valence-electron chi connectivity index (χ2n) is 2.40. The van der Waals surface area contributed by atoms with Crippen LogP contribution in [0.4, 0.5) is 10.5 Å². The molecule has 0 bridgehead atoms. The maximum absolute atomic E-state index is 11.0.